The molecule has 0 aromatic heterocycles. The Morgan fingerprint density at radius 3 is 2.29 bits per heavy atom. The quantitative estimate of drug-likeness (QED) is 0.546. The highest BCUT2D eigenvalue weighted by Crippen LogP contribution is 2.17. The predicted octanol–water partition coefficient (Wildman–Crippen LogP) is 2.24. The van der Waals surface area contributed by atoms with Gasteiger partial charge in [-0.25, -0.2) is 12.8 Å². The number of esters is 1. The van der Waals surface area contributed by atoms with E-state index in [4.69, 9.17) is 10.00 Å². The van der Waals surface area contributed by atoms with Gasteiger partial charge in [0.1, 0.15) is 12.4 Å². The Hall–Kier alpha value is -3.29. The third-order valence-electron chi connectivity index (χ3n) is 4.32. The summed E-state index contributed by atoms with van der Waals surface area (Å²) in [5.41, 5.74) is 1.23. The van der Waals surface area contributed by atoms with Gasteiger partial charge in [-0.05, 0) is 43.3 Å². The molecular weight excluding hydrogens is 425 g/mol. The summed E-state index contributed by atoms with van der Waals surface area (Å²) in [4.78, 5) is 25.8. The molecule has 31 heavy (non-hydrogen) atoms. The molecule has 0 radical (unpaired) electrons. The van der Waals surface area contributed by atoms with Crippen LogP contribution >= 0.6 is 0 Å². The highest BCUT2D eigenvalue weighted by molar-refractivity contribution is 7.89. The number of benzene rings is 2. The Labute approximate surface area is 180 Å². The summed E-state index contributed by atoms with van der Waals surface area (Å²) in [7, 11) is -2.67. The number of anilines is 1. The van der Waals surface area contributed by atoms with E-state index in [9.17, 15) is 22.4 Å². The molecule has 0 N–H and O–H groups in total. The first-order chi connectivity index (χ1) is 14.6. The topological polar surface area (TPSA) is 108 Å². The molecular formula is C21H22FN3O5S. The first kappa shape index (κ1) is 24.0. The summed E-state index contributed by atoms with van der Waals surface area (Å²) in [6, 6.07) is 13.1. The number of hydrogen-bond acceptors (Lipinski definition) is 6. The van der Waals surface area contributed by atoms with Crippen molar-refractivity contribution in [1.82, 2.24) is 4.31 Å². The minimum atomic E-state index is -3.90. The van der Waals surface area contributed by atoms with Crippen LogP contribution in [0.3, 0.4) is 0 Å². The molecule has 10 heteroatoms. The number of amides is 1. The molecule has 0 aliphatic rings. The smallest absolute Gasteiger partial charge is 0.321 e. The molecule has 0 spiro atoms. The van der Waals surface area contributed by atoms with E-state index in [1.54, 1.807) is 12.1 Å². The molecule has 0 heterocycles. The lowest BCUT2D eigenvalue weighted by Gasteiger charge is -2.22. The minimum absolute atomic E-state index is 0.0224. The lowest BCUT2D eigenvalue weighted by atomic mass is 10.2. The maximum atomic E-state index is 13.1. The third kappa shape index (κ3) is 6.60. The molecule has 1 amide bonds. The average Bonchev–Trinajstić information content (AvgIpc) is 2.74. The molecule has 0 aliphatic heterocycles. The van der Waals surface area contributed by atoms with Crippen molar-refractivity contribution in [1.29, 1.82) is 5.26 Å². The van der Waals surface area contributed by atoms with E-state index in [1.807, 2.05) is 13.0 Å². The second kappa shape index (κ2) is 10.7. The number of nitriles is 1. The van der Waals surface area contributed by atoms with Gasteiger partial charge in [0.2, 0.25) is 10.0 Å². The van der Waals surface area contributed by atoms with Gasteiger partial charge in [-0.1, -0.05) is 17.7 Å². The van der Waals surface area contributed by atoms with E-state index in [1.165, 1.54) is 48.3 Å². The highest BCUT2D eigenvalue weighted by atomic mass is 32.2. The van der Waals surface area contributed by atoms with Crippen LogP contribution in [-0.4, -0.2) is 51.3 Å². The largest absolute Gasteiger partial charge is 0.455 e. The van der Waals surface area contributed by atoms with E-state index in [2.05, 4.69) is 0 Å². The van der Waals surface area contributed by atoms with Crippen molar-refractivity contribution >= 4 is 27.6 Å². The van der Waals surface area contributed by atoms with Crippen LogP contribution in [0.25, 0.3) is 0 Å². The second-order valence-electron chi connectivity index (χ2n) is 6.66. The lowest BCUT2D eigenvalue weighted by Crippen LogP contribution is -2.38. The molecule has 0 atom stereocenters. The van der Waals surface area contributed by atoms with Gasteiger partial charge in [0.25, 0.3) is 5.91 Å². The Morgan fingerprint density at radius 2 is 1.71 bits per heavy atom. The van der Waals surface area contributed by atoms with Crippen LogP contribution < -0.4 is 4.90 Å². The zero-order valence-corrected chi connectivity index (χ0v) is 17.9. The number of nitrogens with zero attached hydrogens (tertiary/aromatic N) is 3. The Bertz CT molecular complexity index is 1060. The average molecular weight is 447 g/mol. The van der Waals surface area contributed by atoms with Crippen molar-refractivity contribution in [3.63, 3.8) is 0 Å². The summed E-state index contributed by atoms with van der Waals surface area (Å²) in [5, 5.41) is 8.79. The standard InChI is InChI=1S/C21H22FN3O5S/c1-16-4-10-19(11-5-16)31(28,29)24(2)14-21(27)30-15-20(26)25(13-3-12-23)18-8-6-17(22)7-9-18/h4-11H,3,13-15H2,1-2H3. The molecule has 2 aromatic rings. The zero-order chi connectivity index (χ0) is 23.0. The number of likely N-dealkylation sites (N-methyl/N-ethyl adjacent to an activating group) is 1. The molecule has 2 rings (SSSR count). The maximum Gasteiger partial charge on any atom is 0.321 e. The molecule has 0 bridgehead atoms. The van der Waals surface area contributed by atoms with Crippen molar-refractivity contribution in [2.24, 2.45) is 0 Å². The van der Waals surface area contributed by atoms with E-state index >= 15 is 0 Å². The second-order valence-corrected chi connectivity index (χ2v) is 8.71. The van der Waals surface area contributed by atoms with Crippen LogP contribution in [-0.2, 0) is 24.3 Å². The number of carbonyl (C=O) groups is 2. The van der Waals surface area contributed by atoms with Crippen LogP contribution in [0.15, 0.2) is 53.4 Å². The highest BCUT2D eigenvalue weighted by Gasteiger charge is 2.24. The Morgan fingerprint density at radius 1 is 1.10 bits per heavy atom. The van der Waals surface area contributed by atoms with Gasteiger partial charge in [0, 0.05) is 19.3 Å². The van der Waals surface area contributed by atoms with Crippen molar-refractivity contribution in [2.75, 3.05) is 31.6 Å². The van der Waals surface area contributed by atoms with Crippen LogP contribution in [0.5, 0.6) is 0 Å². The first-order valence-corrected chi connectivity index (χ1v) is 10.7. The molecule has 0 saturated carbocycles. The van der Waals surface area contributed by atoms with Crippen molar-refractivity contribution in [2.45, 2.75) is 18.2 Å². The molecule has 0 fully saturated rings. The van der Waals surface area contributed by atoms with Crippen LogP contribution in [0.2, 0.25) is 0 Å². The van der Waals surface area contributed by atoms with E-state index < -0.39 is 40.9 Å². The van der Waals surface area contributed by atoms with Gasteiger partial charge in [-0.2, -0.15) is 9.57 Å². The number of sulfonamides is 1. The van der Waals surface area contributed by atoms with Gasteiger partial charge in [0.15, 0.2) is 6.61 Å². The fourth-order valence-corrected chi connectivity index (χ4v) is 3.72. The monoisotopic (exact) mass is 447 g/mol. The zero-order valence-electron chi connectivity index (χ0n) is 17.1. The fraction of sp³-hybridized carbons (Fsp3) is 0.286. The minimum Gasteiger partial charge on any atom is -0.455 e. The fourth-order valence-electron chi connectivity index (χ4n) is 2.60. The molecule has 0 saturated heterocycles. The van der Waals surface area contributed by atoms with Crippen LogP contribution in [0.1, 0.15) is 12.0 Å². The summed E-state index contributed by atoms with van der Waals surface area (Å²) in [6.07, 6.45) is 0.0224. The van der Waals surface area contributed by atoms with E-state index in [0.717, 1.165) is 9.87 Å². The number of ether oxygens (including phenoxy) is 1. The summed E-state index contributed by atoms with van der Waals surface area (Å²) >= 11 is 0. The van der Waals surface area contributed by atoms with Crippen molar-refractivity contribution < 1.29 is 27.1 Å². The van der Waals surface area contributed by atoms with Gasteiger partial charge in [-0.3, -0.25) is 9.59 Å². The molecule has 0 unspecified atom stereocenters. The number of hydrogen-bond donors (Lipinski definition) is 0. The van der Waals surface area contributed by atoms with Crippen molar-refractivity contribution in [3.05, 3.63) is 59.9 Å². The van der Waals surface area contributed by atoms with Crippen molar-refractivity contribution in [3.8, 4) is 6.07 Å². The molecule has 2 aromatic carbocycles. The van der Waals surface area contributed by atoms with Gasteiger partial charge >= 0.3 is 5.97 Å². The van der Waals surface area contributed by atoms with Crippen LogP contribution in [0, 0.1) is 24.1 Å². The first-order valence-electron chi connectivity index (χ1n) is 9.26. The Balaban J connectivity index is 1.99. The third-order valence-corrected chi connectivity index (χ3v) is 6.14. The summed E-state index contributed by atoms with van der Waals surface area (Å²) < 4.78 is 44.0. The molecule has 164 valence electrons. The van der Waals surface area contributed by atoms with E-state index in [-0.39, 0.29) is 17.9 Å². The van der Waals surface area contributed by atoms with E-state index in [0.29, 0.717) is 5.69 Å². The maximum absolute atomic E-state index is 13.1. The normalized spacial score (nSPS) is 11.1. The number of aryl methyl sites for hydroxylation is 1. The number of rotatable bonds is 9. The van der Waals surface area contributed by atoms with Gasteiger partial charge in [0.05, 0.1) is 17.4 Å². The molecule has 0 aliphatic carbocycles. The Kier molecular flexibility index (Phi) is 8.24. The number of carbonyl (C=O) groups excluding carboxylic acids is 2. The number of halogens is 1. The van der Waals surface area contributed by atoms with Gasteiger partial charge in [-0.15, -0.1) is 0 Å². The molecule has 8 nitrogen and oxygen atoms in total. The SMILES string of the molecule is Cc1ccc(S(=O)(=O)N(C)CC(=O)OCC(=O)N(CCC#N)c2ccc(F)cc2)cc1. The summed E-state index contributed by atoms with van der Waals surface area (Å²) in [5.74, 6) is -2.02. The predicted molar refractivity (Wildman–Crippen MR) is 111 cm³/mol. The summed E-state index contributed by atoms with van der Waals surface area (Å²) in [6.45, 7) is 0.610. The lowest BCUT2D eigenvalue weighted by molar-refractivity contribution is -0.147. The van der Waals surface area contributed by atoms with Gasteiger partial charge < -0.3 is 9.64 Å². The van der Waals surface area contributed by atoms with Crippen LogP contribution in [0.4, 0.5) is 10.1 Å².